The van der Waals surface area contributed by atoms with Gasteiger partial charge in [0.1, 0.15) is 0 Å². The molecule has 1 aliphatic heterocycles. The van der Waals surface area contributed by atoms with Crippen molar-refractivity contribution in [3.05, 3.63) is 33.8 Å². The molecule has 0 radical (unpaired) electrons. The van der Waals surface area contributed by atoms with E-state index in [9.17, 15) is 13.2 Å². The van der Waals surface area contributed by atoms with Crippen LogP contribution < -0.4 is 5.32 Å². The summed E-state index contributed by atoms with van der Waals surface area (Å²) >= 11 is 13.6. The average Bonchev–Trinajstić information content (AvgIpc) is 2.64. The van der Waals surface area contributed by atoms with Crippen LogP contribution in [0.25, 0.3) is 0 Å². The number of halogens is 2. The van der Waals surface area contributed by atoms with Crippen molar-refractivity contribution < 1.29 is 13.2 Å². The number of hydrogen-bond donors (Lipinski definition) is 1. The van der Waals surface area contributed by atoms with Gasteiger partial charge in [-0.1, -0.05) is 29.3 Å². The van der Waals surface area contributed by atoms with Crippen molar-refractivity contribution in [2.45, 2.75) is 25.5 Å². The topological polar surface area (TPSA) is 66.5 Å². The third kappa shape index (κ3) is 6.30. The Bertz CT molecular complexity index is 729. The molecule has 26 heavy (non-hydrogen) atoms. The Hall–Kier alpha value is -0.470. The quantitative estimate of drug-likeness (QED) is 0.631. The number of carbonyl (C=O) groups is 1. The number of benzene rings is 1. The summed E-state index contributed by atoms with van der Waals surface area (Å²) in [6, 6.07) is 5.56. The second kappa shape index (κ2) is 10.2. The van der Waals surface area contributed by atoms with Crippen molar-refractivity contribution in [2.75, 3.05) is 31.1 Å². The van der Waals surface area contributed by atoms with Gasteiger partial charge in [0.15, 0.2) is 0 Å². The predicted octanol–water partition coefficient (Wildman–Crippen LogP) is 3.40. The molecule has 0 spiro atoms. The van der Waals surface area contributed by atoms with Crippen LogP contribution in [0.3, 0.4) is 0 Å². The minimum Gasteiger partial charge on any atom is -0.355 e. The van der Waals surface area contributed by atoms with Crippen LogP contribution in [0.5, 0.6) is 0 Å². The number of rotatable bonds is 8. The van der Waals surface area contributed by atoms with Gasteiger partial charge in [-0.25, -0.2) is 12.7 Å². The first kappa shape index (κ1) is 21.8. The van der Waals surface area contributed by atoms with Gasteiger partial charge in [-0.15, -0.1) is 0 Å². The molecule has 1 N–H and O–H groups in total. The fourth-order valence-corrected chi connectivity index (χ4v) is 5.11. The molecule has 1 saturated heterocycles. The van der Waals surface area contributed by atoms with Gasteiger partial charge >= 0.3 is 0 Å². The first-order valence-corrected chi connectivity index (χ1v) is 12.1. The number of sulfonamides is 1. The van der Waals surface area contributed by atoms with E-state index in [4.69, 9.17) is 23.2 Å². The number of carbonyl (C=O) groups excluding carboxylic acids is 1. The largest absolute Gasteiger partial charge is 0.355 e. The Morgan fingerprint density at radius 2 is 2.12 bits per heavy atom. The van der Waals surface area contributed by atoms with Gasteiger partial charge in [-0.05, 0) is 37.5 Å². The molecule has 0 saturated carbocycles. The summed E-state index contributed by atoms with van der Waals surface area (Å²) < 4.78 is 25.4. The molecule has 1 aromatic rings. The summed E-state index contributed by atoms with van der Waals surface area (Å²) in [4.78, 5) is 12.3. The van der Waals surface area contributed by atoms with Crippen LogP contribution >= 0.6 is 35.0 Å². The summed E-state index contributed by atoms with van der Waals surface area (Å²) in [7, 11) is -3.23. The molecule has 0 bridgehead atoms. The fraction of sp³-hybridized carbons (Fsp3) is 0.588. The second-order valence-electron chi connectivity index (χ2n) is 6.19. The number of nitrogens with zero attached hydrogens (tertiary/aromatic N) is 1. The van der Waals surface area contributed by atoms with Gasteiger partial charge in [0.25, 0.3) is 0 Å². The Morgan fingerprint density at radius 1 is 1.35 bits per heavy atom. The molecule has 9 heteroatoms. The second-order valence-corrected chi connectivity index (χ2v) is 10.4. The van der Waals surface area contributed by atoms with E-state index in [1.54, 1.807) is 24.8 Å². The smallest absolute Gasteiger partial charge is 0.224 e. The van der Waals surface area contributed by atoms with Crippen molar-refractivity contribution in [2.24, 2.45) is 5.92 Å². The standard InChI is InChI=1S/C17H24Cl2N2O3S2/c1-2-26(23,24)21-8-3-4-14(11-21)17(22)20-7-9-25-12-13-5-6-15(18)16(19)10-13/h5-6,10,14H,2-4,7-9,11-12H2,1H3,(H,20,22). The summed E-state index contributed by atoms with van der Waals surface area (Å²) in [6.45, 7) is 2.99. The van der Waals surface area contributed by atoms with Crippen molar-refractivity contribution in [3.8, 4) is 0 Å². The lowest BCUT2D eigenvalue weighted by Gasteiger charge is -2.30. The van der Waals surface area contributed by atoms with Gasteiger partial charge in [-0.3, -0.25) is 4.79 Å². The molecular formula is C17H24Cl2N2O3S2. The molecule has 1 fully saturated rings. The Labute approximate surface area is 169 Å². The van der Waals surface area contributed by atoms with Crippen LogP contribution in [0.1, 0.15) is 25.3 Å². The maximum atomic E-state index is 12.3. The maximum absolute atomic E-state index is 12.3. The molecule has 1 heterocycles. The molecule has 5 nitrogen and oxygen atoms in total. The number of amides is 1. The molecule has 146 valence electrons. The molecule has 1 amide bonds. The first-order valence-electron chi connectivity index (χ1n) is 8.60. The highest BCUT2D eigenvalue weighted by Gasteiger charge is 2.31. The van der Waals surface area contributed by atoms with Crippen LogP contribution in [-0.2, 0) is 20.6 Å². The lowest BCUT2D eigenvalue weighted by atomic mass is 9.99. The van der Waals surface area contributed by atoms with Crippen LogP contribution in [-0.4, -0.2) is 49.8 Å². The zero-order valence-corrected chi connectivity index (χ0v) is 17.9. The summed E-state index contributed by atoms with van der Waals surface area (Å²) in [5.74, 6) is 1.32. The van der Waals surface area contributed by atoms with Gasteiger partial charge in [0, 0.05) is 31.1 Å². The van der Waals surface area contributed by atoms with Gasteiger partial charge in [-0.2, -0.15) is 11.8 Å². The Balaban J connectivity index is 1.70. The number of thioether (sulfide) groups is 1. The van der Waals surface area contributed by atoms with Crippen molar-refractivity contribution >= 4 is 50.9 Å². The highest BCUT2D eigenvalue weighted by Crippen LogP contribution is 2.24. The maximum Gasteiger partial charge on any atom is 0.224 e. The van der Waals surface area contributed by atoms with Gasteiger partial charge < -0.3 is 5.32 Å². The van der Waals surface area contributed by atoms with Gasteiger partial charge in [0.2, 0.25) is 15.9 Å². The van der Waals surface area contributed by atoms with E-state index in [2.05, 4.69) is 5.32 Å². The summed E-state index contributed by atoms with van der Waals surface area (Å²) in [5.41, 5.74) is 1.09. The molecule has 1 unspecified atom stereocenters. The normalized spacial score (nSPS) is 18.7. The molecule has 0 aliphatic carbocycles. The van der Waals surface area contributed by atoms with Crippen LogP contribution in [0.15, 0.2) is 18.2 Å². The number of hydrogen-bond acceptors (Lipinski definition) is 4. The molecule has 1 aliphatic rings. The fourth-order valence-electron chi connectivity index (χ4n) is 2.80. The zero-order valence-electron chi connectivity index (χ0n) is 14.7. The van der Waals surface area contributed by atoms with E-state index in [-0.39, 0.29) is 17.6 Å². The van der Waals surface area contributed by atoms with Gasteiger partial charge in [0.05, 0.1) is 21.7 Å². The first-order chi connectivity index (χ1) is 12.3. The molecule has 2 rings (SSSR count). The van der Waals surface area contributed by atoms with E-state index in [0.717, 1.165) is 29.9 Å². The minimum absolute atomic E-state index is 0.0591. The molecular weight excluding hydrogens is 415 g/mol. The highest BCUT2D eigenvalue weighted by atomic mass is 35.5. The third-order valence-corrected chi connectivity index (χ3v) is 7.93. The van der Waals surface area contributed by atoms with E-state index in [1.807, 2.05) is 12.1 Å². The molecule has 0 aromatic heterocycles. The summed E-state index contributed by atoms with van der Waals surface area (Å²) in [5, 5.41) is 4.01. The van der Waals surface area contributed by atoms with E-state index >= 15 is 0 Å². The van der Waals surface area contributed by atoms with Crippen LogP contribution in [0, 0.1) is 5.92 Å². The lowest BCUT2D eigenvalue weighted by Crippen LogP contribution is -2.46. The van der Waals surface area contributed by atoms with Crippen molar-refractivity contribution in [1.82, 2.24) is 9.62 Å². The monoisotopic (exact) mass is 438 g/mol. The zero-order chi connectivity index (χ0) is 19.2. The van der Waals surface area contributed by atoms with Crippen molar-refractivity contribution in [1.29, 1.82) is 0 Å². The average molecular weight is 439 g/mol. The number of nitrogens with one attached hydrogen (secondary N) is 1. The lowest BCUT2D eigenvalue weighted by molar-refractivity contribution is -0.125. The van der Waals surface area contributed by atoms with E-state index in [1.165, 1.54) is 4.31 Å². The summed E-state index contributed by atoms with van der Waals surface area (Å²) in [6.07, 6.45) is 1.46. The van der Waals surface area contributed by atoms with Crippen molar-refractivity contribution in [3.63, 3.8) is 0 Å². The Morgan fingerprint density at radius 3 is 2.81 bits per heavy atom. The third-order valence-electron chi connectivity index (χ3n) is 4.31. The van der Waals surface area contributed by atoms with E-state index in [0.29, 0.717) is 29.7 Å². The minimum atomic E-state index is -3.23. The van der Waals surface area contributed by atoms with E-state index < -0.39 is 10.0 Å². The molecule has 1 atom stereocenters. The predicted molar refractivity (Wildman–Crippen MR) is 109 cm³/mol. The van der Waals surface area contributed by atoms with Crippen LogP contribution in [0.4, 0.5) is 0 Å². The number of piperidine rings is 1. The Kier molecular flexibility index (Phi) is 8.54. The van der Waals surface area contributed by atoms with Crippen LogP contribution in [0.2, 0.25) is 10.0 Å². The molecule has 1 aromatic carbocycles. The SMILES string of the molecule is CCS(=O)(=O)N1CCCC(C(=O)NCCSCc2ccc(Cl)c(Cl)c2)C1. The highest BCUT2D eigenvalue weighted by molar-refractivity contribution is 7.98.